The summed E-state index contributed by atoms with van der Waals surface area (Å²) in [5, 5.41) is 12.5. The summed E-state index contributed by atoms with van der Waals surface area (Å²) in [7, 11) is 1.45. The van der Waals surface area contributed by atoms with E-state index in [1.165, 1.54) is 18.9 Å². The van der Waals surface area contributed by atoms with Crippen LogP contribution >= 0.6 is 23.4 Å². The van der Waals surface area contributed by atoms with Crippen molar-refractivity contribution in [2.75, 3.05) is 13.7 Å². The Morgan fingerprint density at radius 2 is 2.07 bits per heavy atom. The van der Waals surface area contributed by atoms with Crippen molar-refractivity contribution in [3.8, 4) is 11.5 Å². The molecule has 1 aliphatic rings. The monoisotopic (exact) mass is 432 g/mol. The second-order valence-corrected chi connectivity index (χ2v) is 7.47. The number of nitrogens with zero attached hydrogens (tertiary/aromatic N) is 1. The summed E-state index contributed by atoms with van der Waals surface area (Å²) in [6.07, 6.45) is 1.69. The van der Waals surface area contributed by atoms with Gasteiger partial charge in [0.1, 0.15) is 0 Å². The summed E-state index contributed by atoms with van der Waals surface area (Å²) in [4.78, 5) is 27.9. The number of amidine groups is 1. The number of methoxy groups -OCH3 is 1. The number of aliphatic carboxylic acids is 1. The number of hydrogen-bond donors (Lipinski definition) is 2. The van der Waals surface area contributed by atoms with Gasteiger partial charge in [0.25, 0.3) is 5.91 Å². The van der Waals surface area contributed by atoms with E-state index in [-0.39, 0.29) is 5.91 Å². The third kappa shape index (κ3) is 5.30. The molecule has 0 aliphatic carbocycles. The second kappa shape index (κ2) is 9.02. The Morgan fingerprint density at radius 3 is 2.79 bits per heavy atom. The molecule has 0 unspecified atom stereocenters. The summed E-state index contributed by atoms with van der Waals surface area (Å²) in [5.41, 5.74) is 2.32. The molecule has 0 bridgehead atoms. The van der Waals surface area contributed by atoms with E-state index in [4.69, 9.17) is 26.2 Å². The molecule has 150 valence electrons. The van der Waals surface area contributed by atoms with E-state index in [1.54, 1.807) is 36.4 Å². The van der Waals surface area contributed by atoms with E-state index < -0.39 is 12.6 Å². The molecule has 1 aliphatic heterocycles. The van der Waals surface area contributed by atoms with Crippen molar-refractivity contribution in [1.82, 2.24) is 5.32 Å². The minimum atomic E-state index is -1.08. The van der Waals surface area contributed by atoms with Crippen LogP contribution in [0.4, 0.5) is 5.69 Å². The van der Waals surface area contributed by atoms with Crippen molar-refractivity contribution in [3.63, 3.8) is 0 Å². The summed E-state index contributed by atoms with van der Waals surface area (Å²) >= 11 is 7.23. The predicted molar refractivity (Wildman–Crippen MR) is 113 cm³/mol. The van der Waals surface area contributed by atoms with E-state index in [2.05, 4.69) is 10.3 Å². The van der Waals surface area contributed by atoms with Gasteiger partial charge in [0.2, 0.25) is 0 Å². The number of aryl methyl sites for hydroxylation is 1. The van der Waals surface area contributed by atoms with Crippen LogP contribution in [0.25, 0.3) is 6.08 Å². The lowest BCUT2D eigenvalue weighted by Crippen LogP contribution is -2.19. The third-order valence-electron chi connectivity index (χ3n) is 3.88. The first-order valence-electron chi connectivity index (χ1n) is 8.44. The van der Waals surface area contributed by atoms with Gasteiger partial charge in [0.05, 0.1) is 17.7 Å². The van der Waals surface area contributed by atoms with Crippen molar-refractivity contribution in [3.05, 3.63) is 57.5 Å². The van der Waals surface area contributed by atoms with Crippen molar-refractivity contribution in [1.29, 1.82) is 0 Å². The van der Waals surface area contributed by atoms with Crippen LogP contribution in [-0.4, -0.2) is 35.9 Å². The number of nitrogens with one attached hydrogen (secondary N) is 1. The number of carboxylic acid groups (broad SMARTS) is 1. The quantitative estimate of drug-likeness (QED) is 0.669. The highest BCUT2D eigenvalue weighted by Gasteiger charge is 2.24. The highest BCUT2D eigenvalue weighted by Crippen LogP contribution is 2.33. The summed E-state index contributed by atoms with van der Waals surface area (Å²) in [6.45, 7) is 1.44. The molecule has 2 aromatic rings. The fourth-order valence-corrected chi connectivity index (χ4v) is 3.48. The van der Waals surface area contributed by atoms with Crippen LogP contribution in [0.3, 0.4) is 0 Å². The Labute approximate surface area is 176 Å². The van der Waals surface area contributed by atoms with Crippen LogP contribution in [0.5, 0.6) is 11.5 Å². The van der Waals surface area contributed by atoms with Gasteiger partial charge in [-0.1, -0.05) is 23.7 Å². The van der Waals surface area contributed by atoms with Gasteiger partial charge >= 0.3 is 5.97 Å². The highest BCUT2D eigenvalue weighted by molar-refractivity contribution is 8.18. The number of thioether (sulfide) groups is 1. The average Bonchev–Trinajstić information content (AvgIpc) is 3.02. The van der Waals surface area contributed by atoms with Crippen molar-refractivity contribution < 1.29 is 24.2 Å². The summed E-state index contributed by atoms with van der Waals surface area (Å²) in [5.74, 6) is -0.677. The zero-order chi connectivity index (χ0) is 21.0. The Hall–Kier alpha value is -2.97. The van der Waals surface area contributed by atoms with Gasteiger partial charge in [0.15, 0.2) is 23.3 Å². The lowest BCUT2D eigenvalue weighted by molar-refractivity contribution is -0.139. The van der Waals surface area contributed by atoms with E-state index >= 15 is 0 Å². The maximum absolute atomic E-state index is 12.3. The molecular weight excluding hydrogens is 416 g/mol. The number of carbonyl (C=O) groups is 2. The first kappa shape index (κ1) is 20.8. The maximum atomic E-state index is 12.3. The number of carbonyl (C=O) groups excluding carboxylic acids is 1. The summed E-state index contributed by atoms with van der Waals surface area (Å²) in [6, 6.07) is 10.3. The summed E-state index contributed by atoms with van der Waals surface area (Å²) < 4.78 is 10.4. The largest absolute Gasteiger partial charge is 0.493 e. The molecule has 0 saturated carbocycles. The van der Waals surface area contributed by atoms with E-state index in [9.17, 15) is 9.59 Å². The fraction of sp³-hybridized carbons (Fsp3) is 0.150. The fourth-order valence-electron chi connectivity index (χ4n) is 2.48. The molecule has 9 heteroatoms. The molecule has 2 aromatic carbocycles. The zero-order valence-corrected chi connectivity index (χ0v) is 17.1. The van der Waals surface area contributed by atoms with Crippen molar-refractivity contribution in [2.24, 2.45) is 4.99 Å². The second-order valence-electron chi connectivity index (χ2n) is 6.01. The van der Waals surface area contributed by atoms with Crippen molar-refractivity contribution >= 4 is 52.2 Å². The molecular formula is C20H17ClN2O5S. The Kier molecular flexibility index (Phi) is 6.46. The molecule has 0 spiro atoms. The Morgan fingerprint density at radius 1 is 1.28 bits per heavy atom. The number of amides is 1. The standard InChI is InChI=1S/C20H17ClN2O5S/c1-11-3-5-13(21)9-14(11)22-20-23-19(26)17(29-20)8-12-4-6-15(16(7-12)27-2)28-10-18(24)25/h3-9H,10H2,1-2H3,(H,24,25)(H,22,23,26). The van der Waals surface area contributed by atoms with E-state index in [0.717, 1.165) is 5.56 Å². The molecule has 1 heterocycles. The van der Waals surface area contributed by atoms with E-state index in [1.807, 2.05) is 13.0 Å². The number of hydrogen-bond acceptors (Lipinski definition) is 6. The van der Waals surface area contributed by atoms with Gasteiger partial charge in [-0.2, -0.15) is 0 Å². The molecule has 0 atom stereocenters. The molecule has 7 nitrogen and oxygen atoms in total. The normalized spacial score (nSPS) is 16.2. The minimum absolute atomic E-state index is 0.265. The lowest BCUT2D eigenvalue weighted by Gasteiger charge is -2.09. The molecule has 29 heavy (non-hydrogen) atoms. The minimum Gasteiger partial charge on any atom is -0.493 e. The molecule has 0 radical (unpaired) electrons. The van der Waals surface area contributed by atoms with Gasteiger partial charge in [-0.25, -0.2) is 9.79 Å². The maximum Gasteiger partial charge on any atom is 0.341 e. The van der Waals surface area contributed by atoms with Crippen LogP contribution in [0.15, 0.2) is 46.3 Å². The lowest BCUT2D eigenvalue weighted by atomic mass is 10.2. The van der Waals surface area contributed by atoms with Gasteiger partial charge < -0.3 is 19.9 Å². The van der Waals surface area contributed by atoms with Gasteiger partial charge in [-0.05, 0) is 60.2 Å². The zero-order valence-electron chi connectivity index (χ0n) is 15.6. The van der Waals surface area contributed by atoms with Gasteiger partial charge in [0, 0.05) is 5.02 Å². The number of aliphatic imine (C=N–C) groups is 1. The van der Waals surface area contributed by atoms with Crippen LogP contribution in [0.2, 0.25) is 5.02 Å². The van der Waals surface area contributed by atoms with Crippen LogP contribution in [0, 0.1) is 6.92 Å². The average molecular weight is 433 g/mol. The van der Waals surface area contributed by atoms with Crippen LogP contribution < -0.4 is 14.8 Å². The Bertz CT molecular complexity index is 1040. The highest BCUT2D eigenvalue weighted by atomic mass is 35.5. The number of halogens is 1. The number of ether oxygens (including phenoxy) is 2. The first-order chi connectivity index (χ1) is 13.9. The Balaban J connectivity index is 1.82. The first-order valence-corrected chi connectivity index (χ1v) is 9.63. The van der Waals surface area contributed by atoms with Gasteiger partial charge in [-0.3, -0.25) is 4.79 Å². The van der Waals surface area contributed by atoms with E-state index in [0.29, 0.717) is 37.8 Å². The van der Waals surface area contributed by atoms with Crippen LogP contribution in [-0.2, 0) is 9.59 Å². The number of rotatable bonds is 6. The number of benzene rings is 2. The van der Waals surface area contributed by atoms with Crippen LogP contribution in [0.1, 0.15) is 11.1 Å². The molecule has 1 saturated heterocycles. The molecule has 1 fully saturated rings. The third-order valence-corrected chi connectivity index (χ3v) is 5.03. The predicted octanol–water partition coefficient (Wildman–Crippen LogP) is 4.01. The van der Waals surface area contributed by atoms with Gasteiger partial charge in [-0.15, -0.1) is 0 Å². The van der Waals surface area contributed by atoms with Crippen molar-refractivity contribution in [2.45, 2.75) is 6.92 Å². The molecule has 1 amide bonds. The number of carboxylic acids is 1. The smallest absolute Gasteiger partial charge is 0.341 e. The molecule has 3 rings (SSSR count). The molecule has 2 N–H and O–H groups in total. The topological polar surface area (TPSA) is 97.2 Å². The SMILES string of the molecule is COc1cc(C=C2SC(=Nc3cc(Cl)ccc3C)NC2=O)ccc1OCC(=O)O. The molecule has 0 aromatic heterocycles.